The fraction of sp³-hybridized carbons (Fsp3) is 0.400. The fourth-order valence-electron chi connectivity index (χ4n) is 2.05. The summed E-state index contributed by atoms with van der Waals surface area (Å²) in [6, 6.07) is 5.17. The summed E-state index contributed by atoms with van der Waals surface area (Å²) in [7, 11) is 3.14. The Bertz CT molecular complexity index is 665. The molecule has 0 amide bonds. The third kappa shape index (κ3) is 2.30. The van der Waals surface area contributed by atoms with E-state index < -0.39 is 0 Å². The molecule has 0 saturated heterocycles. The van der Waals surface area contributed by atoms with Gasteiger partial charge in [-0.05, 0) is 12.1 Å². The maximum absolute atomic E-state index is 12.3. The largest absolute Gasteiger partial charge is 0.496 e. The molecule has 19 heavy (non-hydrogen) atoms. The number of rotatable bonds is 2. The van der Waals surface area contributed by atoms with Crippen molar-refractivity contribution in [3.8, 4) is 11.5 Å². The van der Waals surface area contributed by atoms with Gasteiger partial charge in [-0.1, -0.05) is 20.8 Å². The molecule has 0 aliphatic heterocycles. The van der Waals surface area contributed by atoms with Crippen LogP contribution in [0.1, 0.15) is 26.5 Å². The minimum atomic E-state index is -0.137. The maximum atomic E-state index is 12.3. The molecule has 4 heteroatoms. The number of fused-ring (bicyclic) bond motifs is 1. The molecule has 4 nitrogen and oxygen atoms in total. The van der Waals surface area contributed by atoms with Gasteiger partial charge in [0.2, 0.25) is 0 Å². The van der Waals surface area contributed by atoms with E-state index in [1.54, 1.807) is 32.4 Å². The maximum Gasteiger partial charge on any atom is 0.193 e. The molecule has 0 atom stereocenters. The number of ether oxygens (including phenoxy) is 2. The molecule has 2 aromatic rings. The zero-order valence-electron chi connectivity index (χ0n) is 12.0. The quantitative estimate of drug-likeness (QED) is 0.904. The summed E-state index contributed by atoms with van der Waals surface area (Å²) in [4.78, 5) is 15.6. The van der Waals surface area contributed by atoms with Crippen LogP contribution in [-0.4, -0.2) is 19.2 Å². The highest BCUT2D eigenvalue weighted by Gasteiger charge is 2.19. The third-order valence-corrected chi connectivity index (χ3v) is 3.16. The first-order valence-corrected chi connectivity index (χ1v) is 6.17. The molecule has 102 valence electrons. The number of aromatic nitrogens is 1. The van der Waals surface area contributed by atoms with E-state index in [0.717, 1.165) is 5.69 Å². The van der Waals surface area contributed by atoms with Gasteiger partial charge in [0.1, 0.15) is 11.5 Å². The molecule has 0 bridgehead atoms. The van der Waals surface area contributed by atoms with Crippen LogP contribution in [0, 0.1) is 0 Å². The monoisotopic (exact) mass is 261 g/mol. The lowest BCUT2D eigenvalue weighted by Gasteiger charge is -2.20. The summed E-state index contributed by atoms with van der Waals surface area (Å²) < 4.78 is 10.6. The number of nitrogens with one attached hydrogen (secondary N) is 1. The van der Waals surface area contributed by atoms with Crippen molar-refractivity contribution in [1.82, 2.24) is 4.98 Å². The molecule has 1 N–H and O–H groups in total. The lowest BCUT2D eigenvalue weighted by atomic mass is 9.91. The van der Waals surface area contributed by atoms with Gasteiger partial charge < -0.3 is 14.5 Å². The predicted molar refractivity (Wildman–Crippen MR) is 76.4 cm³/mol. The summed E-state index contributed by atoms with van der Waals surface area (Å²) in [5.41, 5.74) is 1.35. The molecule has 0 saturated carbocycles. The second kappa shape index (κ2) is 4.61. The van der Waals surface area contributed by atoms with Gasteiger partial charge in [0.05, 0.1) is 25.1 Å². The van der Waals surface area contributed by atoms with Crippen LogP contribution in [0.4, 0.5) is 0 Å². The predicted octanol–water partition coefficient (Wildman–Crippen LogP) is 2.84. The average molecular weight is 261 g/mol. The molecule has 0 radical (unpaired) electrons. The smallest absolute Gasteiger partial charge is 0.193 e. The van der Waals surface area contributed by atoms with Crippen LogP contribution in [0.15, 0.2) is 23.0 Å². The number of H-pyrrole nitrogens is 1. The van der Waals surface area contributed by atoms with E-state index in [-0.39, 0.29) is 10.8 Å². The van der Waals surface area contributed by atoms with Crippen molar-refractivity contribution in [2.24, 2.45) is 0 Å². The standard InChI is InChI=1S/C15H19NO3/c1-15(2,3)12-8-9(17)13-10(18-4)6-7-11(19-5)14(13)16-12/h6-8H,1-5H3,(H,16,17). The van der Waals surface area contributed by atoms with Crippen molar-refractivity contribution in [2.45, 2.75) is 26.2 Å². The van der Waals surface area contributed by atoms with Gasteiger partial charge in [-0.25, -0.2) is 0 Å². The van der Waals surface area contributed by atoms with Gasteiger partial charge in [0.15, 0.2) is 5.43 Å². The summed E-state index contributed by atoms with van der Waals surface area (Å²) in [5.74, 6) is 1.19. The van der Waals surface area contributed by atoms with Gasteiger partial charge in [-0.15, -0.1) is 0 Å². The highest BCUT2D eigenvalue weighted by atomic mass is 16.5. The van der Waals surface area contributed by atoms with Gasteiger partial charge in [-0.3, -0.25) is 4.79 Å². The Morgan fingerprint density at radius 2 is 1.63 bits per heavy atom. The average Bonchev–Trinajstić information content (AvgIpc) is 2.36. The van der Waals surface area contributed by atoms with Gasteiger partial charge in [0.25, 0.3) is 0 Å². The van der Waals surface area contributed by atoms with Crippen molar-refractivity contribution < 1.29 is 9.47 Å². The van der Waals surface area contributed by atoms with Crippen LogP contribution in [-0.2, 0) is 5.41 Å². The Morgan fingerprint density at radius 3 is 2.16 bits per heavy atom. The van der Waals surface area contributed by atoms with Crippen molar-refractivity contribution in [2.75, 3.05) is 14.2 Å². The summed E-state index contributed by atoms with van der Waals surface area (Å²) in [5, 5.41) is 0.523. The van der Waals surface area contributed by atoms with Crippen LogP contribution >= 0.6 is 0 Å². The van der Waals surface area contributed by atoms with E-state index in [0.29, 0.717) is 22.4 Å². The number of aromatic amines is 1. The lowest BCUT2D eigenvalue weighted by molar-refractivity contribution is 0.409. The minimum absolute atomic E-state index is 0.0607. The highest BCUT2D eigenvalue weighted by molar-refractivity contribution is 5.90. The summed E-state index contributed by atoms with van der Waals surface area (Å²) in [6.45, 7) is 6.16. The van der Waals surface area contributed by atoms with Crippen LogP contribution in [0.3, 0.4) is 0 Å². The second-order valence-electron chi connectivity index (χ2n) is 5.52. The van der Waals surface area contributed by atoms with Crippen LogP contribution in [0.25, 0.3) is 10.9 Å². The zero-order valence-corrected chi connectivity index (χ0v) is 12.0. The van der Waals surface area contributed by atoms with Crippen molar-refractivity contribution in [3.63, 3.8) is 0 Å². The molecule has 2 rings (SSSR count). The fourth-order valence-corrected chi connectivity index (χ4v) is 2.05. The molecule has 0 unspecified atom stereocenters. The molecule has 0 aliphatic rings. The molecular formula is C15H19NO3. The van der Waals surface area contributed by atoms with E-state index in [1.165, 1.54) is 0 Å². The number of benzene rings is 1. The summed E-state index contributed by atoms with van der Waals surface area (Å²) in [6.07, 6.45) is 0. The van der Waals surface area contributed by atoms with Crippen LogP contribution < -0.4 is 14.9 Å². The Balaban J connectivity index is 2.90. The second-order valence-corrected chi connectivity index (χ2v) is 5.52. The number of methoxy groups -OCH3 is 2. The molecular weight excluding hydrogens is 242 g/mol. The molecule has 1 heterocycles. The van der Waals surface area contributed by atoms with Crippen molar-refractivity contribution in [1.29, 1.82) is 0 Å². The Morgan fingerprint density at radius 1 is 1.05 bits per heavy atom. The van der Waals surface area contributed by atoms with Crippen molar-refractivity contribution >= 4 is 10.9 Å². The first kappa shape index (κ1) is 13.5. The molecule has 0 aliphatic carbocycles. The molecule has 1 aromatic heterocycles. The minimum Gasteiger partial charge on any atom is -0.496 e. The van der Waals surface area contributed by atoms with Gasteiger partial charge in [0, 0.05) is 17.2 Å². The van der Waals surface area contributed by atoms with Crippen molar-refractivity contribution in [3.05, 3.63) is 34.1 Å². The molecule has 0 spiro atoms. The van der Waals surface area contributed by atoms with Crippen LogP contribution in [0.2, 0.25) is 0 Å². The Hall–Kier alpha value is -1.97. The van der Waals surface area contributed by atoms with E-state index in [9.17, 15) is 4.79 Å². The number of hydrogen-bond acceptors (Lipinski definition) is 3. The van der Waals surface area contributed by atoms with E-state index >= 15 is 0 Å². The zero-order chi connectivity index (χ0) is 14.2. The molecule has 1 aromatic carbocycles. The first-order valence-electron chi connectivity index (χ1n) is 6.17. The van der Waals surface area contributed by atoms with E-state index in [2.05, 4.69) is 25.8 Å². The Labute approximate surface area is 112 Å². The lowest BCUT2D eigenvalue weighted by Crippen LogP contribution is -2.18. The summed E-state index contributed by atoms with van der Waals surface area (Å²) >= 11 is 0. The third-order valence-electron chi connectivity index (χ3n) is 3.16. The first-order chi connectivity index (χ1) is 8.88. The molecule has 0 fully saturated rings. The van der Waals surface area contributed by atoms with E-state index in [4.69, 9.17) is 9.47 Å². The van der Waals surface area contributed by atoms with Crippen LogP contribution in [0.5, 0.6) is 11.5 Å². The van der Waals surface area contributed by atoms with E-state index in [1.807, 2.05) is 0 Å². The normalized spacial score (nSPS) is 11.6. The number of hydrogen-bond donors (Lipinski definition) is 1. The number of pyridine rings is 1. The van der Waals surface area contributed by atoms with Gasteiger partial charge >= 0.3 is 0 Å². The SMILES string of the molecule is COc1ccc(OC)c2c(=O)cc(C(C)(C)C)[nH]c12. The Kier molecular flexibility index (Phi) is 3.27. The van der Waals surface area contributed by atoms with Gasteiger partial charge in [-0.2, -0.15) is 0 Å². The highest BCUT2D eigenvalue weighted by Crippen LogP contribution is 2.31. The topological polar surface area (TPSA) is 51.3 Å².